The van der Waals surface area contributed by atoms with E-state index in [0.717, 1.165) is 21.4 Å². The summed E-state index contributed by atoms with van der Waals surface area (Å²) in [4.78, 5) is 4.29. The number of hydrogen-bond acceptors (Lipinski definition) is 1. The standard InChI is InChI=1S/C9H8BrClN2/c1-6-2-7(10)5-13-8(3-11)4-12-9(6)13/h2,4-5H,3H2,1H3. The summed E-state index contributed by atoms with van der Waals surface area (Å²) in [6.07, 6.45) is 3.79. The summed E-state index contributed by atoms with van der Waals surface area (Å²) in [6, 6.07) is 2.04. The molecule has 2 aromatic heterocycles. The fourth-order valence-corrected chi connectivity index (χ4v) is 2.11. The summed E-state index contributed by atoms with van der Waals surface area (Å²) in [6.45, 7) is 2.03. The molecule has 0 saturated carbocycles. The molecule has 4 heteroatoms. The Morgan fingerprint density at radius 3 is 3.08 bits per heavy atom. The van der Waals surface area contributed by atoms with Gasteiger partial charge < -0.3 is 4.40 Å². The van der Waals surface area contributed by atoms with Crippen molar-refractivity contribution in [1.82, 2.24) is 9.38 Å². The molecule has 2 rings (SSSR count). The maximum absolute atomic E-state index is 5.78. The van der Waals surface area contributed by atoms with E-state index in [2.05, 4.69) is 20.9 Å². The van der Waals surface area contributed by atoms with Crippen LogP contribution in [0.3, 0.4) is 0 Å². The smallest absolute Gasteiger partial charge is 0.139 e. The molecule has 0 atom stereocenters. The van der Waals surface area contributed by atoms with Crippen LogP contribution in [0, 0.1) is 6.92 Å². The molecule has 0 unspecified atom stereocenters. The Labute approximate surface area is 89.7 Å². The van der Waals surface area contributed by atoms with Crippen molar-refractivity contribution in [2.45, 2.75) is 12.8 Å². The Morgan fingerprint density at radius 2 is 2.38 bits per heavy atom. The van der Waals surface area contributed by atoms with E-state index < -0.39 is 0 Å². The van der Waals surface area contributed by atoms with Crippen LogP contribution in [0.2, 0.25) is 0 Å². The molecule has 0 saturated heterocycles. The van der Waals surface area contributed by atoms with E-state index in [0.29, 0.717) is 5.88 Å². The fraction of sp³-hybridized carbons (Fsp3) is 0.222. The van der Waals surface area contributed by atoms with Gasteiger partial charge in [0.25, 0.3) is 0 Å². The number of hydrogen-bond donors (Lipinski definition) is 0. The molecule has 0 fully saturated rings. The van der Waals surface area contributed by atoms with E-state index in [1.54, 1.807) is 0 Å². The second-order valence-corrected chi connectivity index (χ2v) is 4.10. The van der Waals surface area contributed by atoms with Crippen molar-refractivity contribution in [2.75, 3.05) is 0 Å². The summed E-state index contributed by atoms with van der Waals surface area (Å²) in [5.74, 6) is 0.483. The van der Waals surface area contributed by atoms with Crippen molar-refractivity contribution >= 4 is 33.2 Å². The zero-order valence-electron chi connectivity index (χ0n) is 7.09. The molecule has 0 N–H and O–H groups in total. The molecule has 2 aromatic rings. The maximum atomic E-state index is 5.78. The Hall–Kier alpha value is -0.540. The number of alkyl halides is 1. The summed E-state index contributed by atoms with van der Waals surface area (Å²) in [5, 5.41) is 0. The van der Waals surface area contributed by atoms with E-state index in [1.165, 1.54) is 0 Å². The van der Waals surface area contributed by atoms with Gasteiger partial charge in [0.1, 0.15) is 5.65 Å². The number of halogens is 2. The number of aryl methyl sites for hydroxylation is 1. The molecule has 13 heavy (non-hydrogen) atoms. The Morgan fingerprint density at radius 1 is 1.62 bits per heavy atom. The number of nitrogens with zero attached hydrogens (tertiary/aromatic N) is 2. The SMILES string of the molecule is Cc1cc(Br)cn2c(CCl)cnc12. The largest absolute Gasteiger partial charge is 0.302 e. The lowest BCUT2D eigenvalue weighted by atomic mass is 10.3. The predicted octanol–water partition coefficient (Wildman–Crippen LogP) is 3.14. The number of rotatable bonds is 1. The van der Waals surface area contributed by atoms with E-state index in [4.69, 9.17) is 11.6 Å². The van der Waals surface area contributed by atoms with Crippen molar-refractivity contribution in [3.63, 3.8) is 0 Å². The van der Waals surface area contributed by atoms with E-state index in [-0.39, 0.29) is 0 Å². The Bertz CT molecular complexity index is 450. The van der Waals surface area contributed by atoms with Crippen molar-refractivity contribution in [2.24, 2.45) is 0 Å². The minimum absolute atomic E-state index is 0.483. The van der Waals surface area contributed by atoms with Gasteiger partial charge in [0, 0.05) is 10.7 Å². The Kier molecular flexibility index (Phi) is 2.30. The molecule has 0 aromatic carbocycles. The Balaban J connectivity index is 2.82. The van der Waals surface area contributed by atoms with Crippen LogP contribution in [0.4, 0.5) is 0 Å². The van der Waals surface area contributed by atoms with Crippen LogP contribution in [-0.4, -0.2) is 9.38 Å². The summed E-state index contributed by atoms with van der Waals surface area (Å²) in [5.41, 5.74) is 3.13. The third-order valence-corrected chi connectivity index (χ3v) is 2.68. The molecule has 0 aliphatic rings. The number of pyridine rings is 1. The first-order valence-corrected chi connectivity index (χ1v) is 5.23. The van der Waals surface area contributed by atoms with Crippen molar-refractivity contribution in [1.29, 1.82) is 0 Å². The lowest BCUT2D eigenvalue weighted by Crippen LogP contribution is -1.91. The van der Waals surface area contributed by atoms with Gasteiger partial charge in [-0.05, 0) is 34.5 Å². The second-order valence-electron chi connectivity index (χ2n) is 2.92. The monoisotopic (exact) mass is 258 g/mol. The van der Waals surface area contributed by atoms with Crippen LogP contribution in [0.25, 0.3) is 5.65 Å². The highest BCUT2D eigenvalue weighted by Gasteiger charge is 2.04. The van der Waals surface area contributed by atoms with Gasteiger partial charge in [0.2, 0.25) is 0 Å². The van der Waals surface area contributed by atoms with E-state index >= 15 is 0 Å². The zero-order chi connectivity index (χ0) is 9.42. The first-order valence-electron chi connectivity index (χ1n) is 3.90. The van der Waals surface area contributed by atoms with Crippen LogP contribution in [0.1, 0.15) is 11.3 Å². The van der Waals surface area contributed by atoms with Gasteiger partial charge in [0.15, 0.2) is 0 Å². The highest BCUT2D eigenvalue weighted by atomic mass is 79.9. The second kappa shape index (κ2) is 3.31. The quantitative estimate of drug-likeness (QED) is 0.719. The predicted molar refractivity (Wildman–Crippen MR) is 57.2 cm³/mol. The zero-order valence-corrected chi connectivity index (χ0v) is 9.43. The van der Waals surface area contributed by atoms with Crippen LogP contribution >= 0.6 is 27.5 Å². The topological polar surface area (TPSA) is 17.3 Å². The van der Waals surface area contributed by atoms with Crippen molar-refractivity contribution in [3.8, 4) is 0 Å². The minimum Gasteiger partial charge on any atom is -0.302 e. The van der Waals surface area contributed by atoms with Gasteiger partial charge in [-0.3, -0.25) is 0 Å². The molecular weight excluding hydrogens is 251 g/mol. The molecule has 2 nitrogen and oxygen atoms in total. The van der Waals surface area contributed by atoms with E-state index in [1.807, 2.05) is 29.8 Å². The van der Waals surface area contributed by atoms with Crippen LogP contribution in [-0.2, 0) is 5.88 Å². The number of imidazole rings is 1. The van der Waals surface area contributed by atoms with Gasteiger partial charge in [-0.1, -0.05) is 0 Å². The average molecular weight is 260 g/mol. The van der Waals surface area contributed by atoms with Crippen LogP contribution in [0.15, 0.2) is 22.9 Å². The fourth-order valence-electron chi connectivity index (χ4n) is 1.36. The molecule has 68 valence electrons. The van der Waals surface area contributed by atoms with Crippen LogP contribution in [0.5, 0.6) is 0 Å². The number of aromatic nitrogens is 2. The molecule has 0 bridgehead atoms. The lowest BCUT2D eigenvalue weighted by molar-refractivity contribution is 1.07. The van der Waals surface area contributed by atoms with Crippen molar-refractivity contribution < 1.29 is 0 Å². The number of fused-ring (bicyclic) bond motifs is 1. The minimum atomic E-state index is 0.483. The molecule has 2 heterocycles. The molecule has 0 radical (unpaired) electrons. The van der Waals surface area contributed by atoms with Gasteiger partial charge in [-0.15, -0.1) is 11.6 Å². The highest BCUT2D eigenvalue weighted by Crippen LogP contribution is 2.18. The van der Waals surface area contributed by atoms with Gasteiger partial charge in [-0.25, -0.2) is 4.98 Å². The van der Waals surface area contributed by atoms with E-state index in [9.17, 15) is 0 Å². The van der Waals surface area contributed by atoms with Gasteiger partial charge in [-0.2, -0.15) is 0 Å². The summed E-state index contributed by atoms with van der Waals surface area (Å²) in [7, 11) is 0. The highest BCUT2D eigenvalue weighted by molar-refractivity contribution is 9.10. The average Bonchev–Trinajstić information content (AvgIpc) is 2.47. The van der Waals surface area contributed by atoms with Gasteiger partial charge >= 0.3 is 0 Å². The first kappa shape index (κ1) is 9.03. The molecule has 0 spiro atoms. The van der Waals surface area contributed by atoms with Crippen LogP contribution < -0.4 is 0 Å². The molecule has 0 aliphatic heterocycles. The normalized spacial score (nSPS) is 11.0. The summed E-state index contributed by atoms with van der Waals surface area (Å²) < 4.78 is 3.05. The third kappa shape index (κ3) is 1.46. The molecule has 0 amide bonds. The third-order valence-electron chi connectivity index (χ3n) is 1.97. The van der Waals surface area contributed by atoms with Gasteiger partial charge in [0.05, 0.1) is 17.8 Å². The molecular formula is C9H8BrClN2. The van der Waals surface area contributed by atoms with Crippen molar-refractivity contribution in [3.05, 3.63) is 34.2 Å². The first-order chi connectivity index (χ1) is 6.22. The lowest BCUT2D eigenvalue weighted by Gasteiger charge is -2.01. The maximum Gasteiger partial charge on any atom is 0.139 e. The molecule has 0 aliphatic carbocycles. The summed E-state index contributed by atoms with van der Waals surface area (Å²) >= 11 is 9.22.